The molecule has 0 atom stereocenters. The van der Waals surface area contributed by atoms with Gasteiger partial charge in [0.1, 0.15) is 0 Å². The number of amides is 1. The third-order valence-corrected chi connectivity index (χ3v) is 3.40. The largest absolute Gasteiger partial charge is 0.326 e. The second-order valence-corrected chi connectivity index (χ2v) is 5.45. The minimum atomic E-state index is 0.152. The summed E-state index contributed by atoms with van der Waals surface area (Å²) in [5.74, 6) is 0.308. The van der Waals surface area contributed by atoms with Crippen molar-refractivity contribution in [1.29, 1.82) is 0 Å². The van der Waals surface area contributed by atoms with E-state index in [0.29, 0.717) is 0 Å². The molecule has 1 aromatic carbocycles. The highest BCUT2D eigenvalue weighted by Crippen LogP contribution is 2.17. The van der Waals surface area contributed by atoms with E-state index >= 15 is 0 Å². The Kier molecular flexibility index (Phi) is 4.93. The van der Waals surface area contributed by atoms with Crippen LogP contribution in [0.3, 0.4) is 0 Å². The zero-order valence-electron chi connectivity index (χ0n) is 11.8. The first-order valence-corrected chi connectivity index (χ1v) is 6.90. The van der Waals surface area contributed by atoms with Crippen LogP contribution >= 0.6 is 0 Å². The molecule has 104 valence electrons. The molecular weight excluding hydrogens is 238 g/mol. The first kappa shape index (κ1) is 14.0. The van der Waals surface area contributed by atoms with Crippen molar-refractivity contribution in [2.24, 2.45) is 5.92 Å². The van der Waals surface area contributed by atoms with E-state index in [1.54, 1.807) is 0 Å². The molecule has 1 aromatic rings. The number of carbonyl (C=O) groups excluding carboxylic acids is 1. The van der Waals surface area contributed by atoms with Crippen molar-refractivity contribution in [3.05, 3.63) is 29.8 Å². The first-order valence-electron chi connectivity index (χ1n) is 6.90. The monoisotopic (exact) mass is 261 g/mol. The molecule has 4 heteroatoms. The Hall–Kier alpha value is -1.39. The van der Waals surface area contributed by atoms with Crippen LogP contribution in [0.2, 0.25) is 0 Å². The maximum absolute atomic E-state index is 12.2. The maximum Gasteiger partial charge on any atom is 0.227 e. The third-order valence-electron chi connectivity index (χ3n) is 3.40. The summed E-state index contributed by atoms with van der Waals surface area (Å²) in [4.78, 5) is 14.3. The van der Waals surface area contributed by atoms with Crippen LogP contribution < -0.4 is 10.6 Å². The summed E-state index contributed by atoms with van der Waals surface area (Å²) in [5.41, 5.74) is 2.12. The zero-order valence-corrected chi connectivity index (χ0v) is 11.8. The summed E-state index contributed by atoms with van der Waals surface area (Å²) >= 11 is 0. The van der Waals surface area contributed by atoms with Gasteiger partial charge in [-0.1, -0.05) is 12.1 Å². The Morgan fingerprint density at radius 2 is 2.11 bits per heavy atom. The van der Waals surface area contributed by atoms with E-state index in [4.69, 9.17) is 0 Å². The first-order chi connectivity index (χ1) is 9.15. The van der Waals surface area contributed by atoms with Crippen molar-refractivity contribution in [2.75, 3.05) is 32.5 Å². The van der Waals surface area contributed by atoms with E-state index in [1.807, 2.05) is 26.2 Å². The topological polar surface area (TPSA) is 44.4 Å². The molecule has 0 radical (unpaired) electrons. The fourth-order valence-corrected chi connectivity index (χ4v) is 2.44. The van der Waals surface area contributed by atoms with E-state index in [-0.39, 0.29) is 11.8 Å². The average molecular weight is 261 g/mol. The standard InChI is InChI=1S/C15H23N3O/c1-18(2)11-12-4-3-5-14(10-12)17-15(19)13-6-8-16-9-7-13/h3-5,10,13,16H,6-9,11H2,1-2H3,(H,17,19). The quantitative estimate of drug-likeness (QED) is 0.867. The molecule has 1 heterocycles. The summed E-state index contributed by atoms with van der Waals surface area (Å²) in [6, 6.07) is 8.09. The fourth-order valence-electron chi connectivity index (χ4n) is 2.44. The molecule has 0 saturated carbocycles. The van der Waals surface area contributed by atoms with Crippen LogP contribution in [0, 0.1) is 5.92 Å². The van der Waals surface area contributed by atoms with Crippen LogP contribution in [-0.4, -0.2) is 38.0 Å². The van der Waals surface area contributed by atoms with Gasteiger partial charge in [-0.25, -0.2) is 0 Å². The second-order valence-electron chi connectivity index (χ2n) is 5.45. The molecule has 0 aromatic heterocycles. The number of piperidine rings is 1. The molecule has 2 rings (SSSR count). The van der Waals surface area contributed by atoms with Gasteiger partial charge in [-0.3, -0.25) is 4.79 Å². The van der Waals surface area contributed by atoms with E-state index in [0.717, 1.165) is 38.2 Å². The van der Waals surface area contributed by atoms with Gasteiger partial charge in [0.25, 0.3) is 0 Å². The van der Waals surface area contributed by atoms with E-state index in [2.05, 4.69) is 27.7 Å². The van der Waals surface area contributed by atoms with Crippen LogP contribution in [0.4, 0.5) is 5.69 Å². The van der Waals surface area contributed by atoms with Crippen LogP contribution in [-0.2, 0) is 11.3 Å². The Bertz CT molecular complexity index is 425. The average Bonchev–Trinajstić information content (AvgIpc) is 2.39. The van der Waals surface area contributed by atoms with Gasteiger partial charge in [0.2, 0.25) is 5.91 Å². The summed E-state index contributed by atoms with van der Waals surface area (Å²) in [7, 11) is 4.08. The van der Waals surface area contributed by atoms with Gasteiger partial charge in [-0.15, -0.1) is 0 Å². The SMILES string of the molecule is CN(C)Cc1cccc(NC(=O)C2CCNCC2)c1. The fraction of sp³-hybridized carbons (Fsp3) is 0.533. The molecule has 0 unspecified atom stereocenters. The van der Waals surface area contributed by atoms with E-state index in [1.165, 1.54) is 5.56 Å². The highest BCUT2D eigenvalue weighted by molar-refractivity contribution is 5.92. The Morgan fingerprint density at radius 1 is 1.37 bits per heavy atom. The third kappa shape index (κ3) is 4.33. The number of hydrogen-bond acceptors (Lipinski definition) is 3. The molecule has 4 nitrogen and oxygen atoms in total. The Labute approximate surface area is 115 Å². The molecule has 0 aliphatic carbocycles. The molecule has 1 saturated heterocycles. The lowest BCUT2D eigenvalue weighted by molar-refractivity contribution is -0.120. The van der Waals surface area contributed by atoms with E-state index < -0.39 is 0 Å². The Morgan fingerprint density at radius 3 is 2.79 bits per heavy atom. The lowest BCUT2D eigenvalue weighted by Gasteiger charge is -2.22. The summed E-state index contributed by atoms with van der Waals surface area (Å²) in [5, 5.41) is 6.32. The minimum Gasteiger partial charge on any atom is -0.326 e. The van der Waals surface area contributed by atoms with Crippen LogP contribution in [0.5, 0.6) is 0 Å². The van der Waals surface area contributed by atoms with Crippen molar-refractivity contribution in [3.63, 3.8) is 0 Å². The van der Waals surface area contributed by atoms with Crippen LogP contribution in [0.25, 0.3) is 0 Å². The number of anilines is 1. The van der Waals surface area contributed by atoms with Gasteiger partial charge in [0.15, 0.2) is 0 Å². The molecule has 1 aliphatic rings. The molecule has 0 bridgehead atoms. The van der Waals surface area contributed by atoms with Gasteiger partial charge in [0.05, 0.1) is 0 Å². The predicted molar refractivity (Wildman–Crippen MR) is 78.1 cm³/mol. The van der Waals surface area contributed by atoms with E-state index in [9.17, 15) is 4.79 Å². The molecular formula is C15H23N3O. The summed E-state index contributed by atoms with van der Waals surface area (Å²) < 4.78 is 0. The number of nitrogens with one attached hydrogen (secondary N) is 2. The van der Waals surface area contributed by atoms with Gasteiger partial charge >= 0.3 is 0 Å². The smallest absolute Gasteiger partial charge is 0.227 e. The second kappa shape index (κ2) is 6.68. The molecule has 2 N–H and O–H groups in total. The summed E-state index contributed by atoms with van der Waals surface area (Å²) in [6.45, 7) is 2.77. The Balaban J connectivity index is 1.96. The minimum absolute atomic E-state index is 0.152. The number of carbonyl (C=O) groups is 1. The number of benzene rings is 1. The van der Waals surface area contributed by atoms with Gasteiger partial charge in [-0.05, 0) is 57.7 Å². The highest BCUT2D eigenvalue weighted by atomic mass is 16.1. The van der Waals surface area contributed by atoms with Crippen molar-refractivity contribution < 1.29 is 4.79 Å². The maximum atomic E-state index is 12.2. The van der Waals surface area contributed by atoms with Gasteiger partial charge < -0.3 is 15.5 Å². The highest BCUT2D eigenvalue weighted by Gasteiger charge is 2.20. The van der Waals surface area contributed by atoms with Crippen molar-refractivity contribution in [1.82, 2.24) is 10.2 Å². The number of rotatable bonds is 4. The predicted octanol–water partition coefficient (Wildman–Crippen LogP) is 1.69. The van der Waals surface area contributed by atoms with Crippen molar-refractivity contribution in [3.8, 4) is 0 Å². The molecule has 0 spiro atoms. The van der Waals surface area contributed by atoms with Crippen molar-refractivity contribution >= 4 is 11.6 Å². The molecule has 1 aliphatic heterocycles. The number of hydrogen-bond donors (Lipinski definition) is 2. The molecule has 19 heavy (non-hydrogen) atoms. The van der Waals surface area contributed by atoms with Crippen molar-refractivity contribution in [2.45, 2.75) is 19.4 Å². The lowest BCUT2D eigenvalue weighted by Crippen LogP contribution is -2.34. The summed E-state index contributed by atoms with van der Waals surface area (Å²) in [6.07, 6.45) is 1.87. The normalized spacial score (nSPS) is 16.6. The molecule has 1 amide bonds. The molecule has 1 fully saturated rings. The number of nitrogens with zero attached hydrogens (tertiary/aromatic N) is 1. The van der Waals surface area contributed by atoms with Gasteiger partial charge in [-0.2, -0.15) is 0 Å². The van der Waals surface area contributed by atoms with Crippen LogP contribution in [0.15, 0.2) is 24.3 Å². The van der Waals surface area contributed by atoms with Gasteiger partial charge in [0, 0.05) is 18.2 Å². The lowest BCUT2D eigenvalue weighted by atomic mass is 9.97. The van der Waals surface area contributed by atoms with Crippen LogP contribution in [0.1, 0.15) is 18.4 Å². The zero-order chi connectivity index (χ0) is 13.7.